The highest BCUT2D eigenvalue weighted by Gasteiger charge is 2.15. The molecule has 1 N–H and O–H groups in total. The number of carbonyl (C=O) groups is 2. The number of carbonyl (C=O) groups excluding carboxylic acids is 1. The van der Waals surface area contributed by atoms with Gasteiger partial charge in [0.2, 0.25) is 0 Å². The van der Waals surface area contributed by atoms with Gasteiger partial charge >= 0.3 is 5.97 Å². The zero-order valence-electron chi connectivity index (χ0n) is 10.2. The number of hydrogen-bond acceptors (Lipinski definition) is 4. The zero-order valence-corrected chi connectivity index (χ0v) is 10.2. The summed E-state index contributed by atoms with van der Waals surface area (Å²) in [5, 5.41) is 13.6. The minimum absolute atomic E-state index is 0.129. The highest BCUT2D eigenvalue weighted by Crippen LogP contribution is 2.30. The van der Waals surface area contributed by atoms with Gasteiger partial charge < -0.3 is 9.63 Å². The molecule has 0 unspecified atom stereocenters. The summed E-state index contributed by atoms with van der Waals surface area (Å²) in [7, 11) is 0. The van der Waals surface area contributed by atoms with Crippen LogP contribution in [0.4, 0.5) is 0 Å². The third kappa shape index (κ3) is 1.85. The highest BCUT2D eigenvalue weighted by atomic mass is 16.5. The van der Waals surface area contributed by atoms with Crippen molar-refractivity contribution in [3.63, 3.8) is 0 Å². The SMILES string of the molecule is O=Cc1ccccc1-c1noc2cc(C(=O)O)ccc12. The Kier molecular flexibility index (Phi) is 2.80. The third-order valence-corrected chi connectivity index (χ3v) is 3.06. The lowest BCUT2D eigenvalue weighted by Crippen LogP contribution is -1.94. The second kappa shape index (κ2) is 4.62. The van der Waals surface area contributed by atoms with Crippen molar-refractivity contribution < 1.29 is 19.2 Å². The monoisotopic (exact) mass is 267 g/mol. The van der Waals surface area contributed by atoms with E-state index < -0.39 is 5.97 Å². The predicted octanol–water partition coefficient (Wildman–Crippen LogP) is 3.01. The molecule has 1 heterocycles. The van der Waals surface area contributed by atoms with Gasteiger partial charge in [0.1, 0.15) is 5.69 Å². The molecule has 0 bridgehead atoms. The number of fused-ring (bicyclic) bond motifs is 1. The fraction of sp³-hybridized carbons (Fsp3) is 0. The van der Waals surface area contributed by atoms with Gasteiger partial charge in [-0.15, -0.1) is 0 Å². The van der Waals surface area contributed by atoms with E-state index in [2.05, 4.69) is 5.16 Å². The van der Waals surface area contributed by atoms with Crippen LogP contribution in [-0.2, 0) is 0 Å². The molecular weight excluding hydrogens is 258 g/mol. The molecule has 0 aliphatic carbocycles. The van der Waals surface area contributed by atoms with Crippen molar-refractivity contribution in [1.82, 2.24) is 5.16 Å². The van der Waals surface area contributed by atoms with Gasteiger partial charge in [0.15, 0.2) is 11.9 Å². The summed E-state index contributed by atoms with van der Waals surface area (Å²) in [5.74, 6) is -1.03. The van der Waals surface area contributed by atoms with E-state index in [9.17, 15) is 9.59 Å². The Morgan fingerprint density at radius 1 is 1.20 bits per heavy atom. The molecule has 0 saturated carbocycles. The maximum atomic E-state index is 11.1. The summed E-state index contributed by atoms with van der Waals surface area (Å²) in [6.45, 7) is 0. The molecule has 3 rings (SSSR count). The van der Waals surface area contributed by atoms with Crippen LogP contribution in [0.25, 0.3) is 22.2 Å². The Hall–Kier alpha value is -2.95. The first-order valence-corrected chi connectivity index (χ1v) is 5.88. The second-order valence-corrected chi connectivity index (χ2v) is 4.25. The first-order valence-electron chi connectivity index (χ1n) is 5.88. The summed E-state index contributed by atoms with van der Waals surface area (Å²) in [4.78, 5) is 22.0. The molecule has 1 aromatic heterocycles. The fourth-order valence-corrected chi connectivity index (χ4v) is 2.08. The Labute approximate surface area is 113 Å². The van der Waals surface area contributed by atoms with Crippen LogP contribution in [0.5, 0.6) is 0 Å². The topological polar surface area (TPSA) is 80.4 Å². The van der Waals surface area contributed by atoms with Crippen LogP contribution in [0.2, 0.25) is 0 Å². The van der Waals surface area contributed by atoms with Crippen molar-refractivity contribution >= 4 is 23.2 Å². The van der Waals surface area contributed by atoms with E-state index in [4.69, 9.17) is 9.63 Å². The van der Waals surface area contributed by atoms with E-state index in [0.717, 1.165) is 6.29 Å². The minimum Gasteiger partial charge on any atom is -0.478 e. The number of hydrogen-bond donors (Lipinski definition) is 1. The molecule has 0 aliphatic rings. The Balaban J connectivity index is 2.23. The normalized spacial score (nSPS) is 10.6. The maximum Gasteiger partial charge on any atom is 0.335 e. The molecule has 0 fully saturated rings. The van der Waals surface area contributed by atoms with E-state index in [0.29, 0.717) is 27.8 Å². The maximum absolute atomic E-state index is 11.1. The number of aromatic nitrogens is 1. The molecule has 0 aliphatic heterocycles. The molecular formula is C15H9NO4. The molecule has 0 spiro atoms. The van der Waals surface area contributed by atoms with Crippen molar-refractivity contribution in [3.05, 3.63) is 53.6 Å². The average Bonchev–Trinajstić information content (AvgIpc) is 2.89. The van der Waals surface area contributed by atoms with Crippen LogP contribution in [0.15, 0.2) is 47.0 Å². The van der Waals surface area contributed by atoms with Gasteiger partial charge in [0.25, 0.3) is 0 Å². The molecule has 0 radical (unpaired) electrons. The number of aromatic carboxylic acids is 1. The van der Waals surface area contributed by atoms with Gasteiger partial charge in [-0.1, -0.05) is 29.4 Å². The van der Waals surface area contributed by atoms with Crippen LogP contribution in [0.3, 0.4) is 0 Å². The van der Waals surface area contributed by atoms with Crippen molar-refractivity contribution in [3.8, 4) is 11.3 Å². The summed E-state index contributed by atoms with van der Waals surface area (Å²) in [6.07, 6.45) is 0.751. The molecule has 5 nitrogen and oxygen atoms in total. The second-order valence-electron chi connectivity index (χ2n) is 4.25. The van der Waals surface area contributed by atoms with Crippen molar-refractivity contribution in [2.24, 2.45) is 0 Å². The van der Waals surface area contributed by atoms with Crippen molar-refractivity contribution in [1.29, 1.82) is 0 Å². The third-order valence-electron chi connectivity index (χ3n) is 3.06. The summed E-state index contributed by atoms with van der Waals surface area (Å²) < 4.78 is 5.16. The fourth-order valence-electron chi connectivity index (χ4n) is 2.08. The molecule has 2 aromatic carbocycles. The zero-order chi connectivity index (χ0) is 14.1. The smallest absolute Gasteiger partial charge is 0.335 e. The Bertz CT molecular complexity index is 820. The number of carboxylic acid groups (broad SMARTS) is 1. The molecule has 98 valence electrons. The molecule has 20 heavy (non-hydrogen) atoms. The minimum atomic E-state index is -1.03. The van der Waals surface area contributed by atoms with Gasteiger partial charge in [0, 0.05) is 16.5 Å². The Morgan fingerprint density at radius 3 is 2.75 bits per heavy atom. The lowest BCUT2D eigenvalue weighted by molar-refractivity contribution is 0.0696. The summed E-state index contributed by atoms with van der Waals surface area (Å²) >= 11 is 0. The number of carboxylic acids is 1. The number of nitrogens with zero attached hydrogens (tertiary/aromatic N) is 1. The molecule has 5 heteroatoms. The lowest BCUT2D eigenvalue weighted by Gasteiger charge is -2.00. The van der Waals surface area contributed by atoms with Gasteiger partial charge in [-0.25, -0.2) is 4.79 Å². The first kappa shape index (κ1) is 12.1. The standard InChI is InChI=1S/C15H9NO4/c17-8-10-3-1-2-4-11(10)14-12-6-5-9(15(18)19)7-13(12)20-16-14/h1-8H,(H,18,19). The van der Waals surface area contributed by atoms with E-state index in [-0.39, 0.29) is 5.56 Å². The van der Waals surface area contributed by atoms with Crippen molar-refractivity contribution in [2.45, 2.75) is 0 Å². The van der Waals surface area contributed by atoms with E-state index in [1.54, 1.807) is 30.3 Å². The van der Waals surface area contributed by atoms with E-state index in [1.165, 1.54) is 12.1 Å². The quantitative estimate of drug-likeness (QED) is 0.738. The summed E-state index contributed by atoms with van der Waals surface area (Å²) in [5.41, 5.74) is 2.19. The van der Waals surface area contributed by atoms with Crippen LogP contribution < -0.4 is 0 Å². The van der Waals surface area contributed by atoms with E-state index >= 15 is 0 Å². The largest absolute Gasteiger partial charge is 0.478 e. The number of rotatable bonds is 3. The summed E-state index contributed by atoms with van der Waals surface area (Å²) in [6, 6.07) is 11.5. The number of benzene rings is 2. The van der Waals surface area contributed by atoms with Gasteiger partial charge in [-0.2, -0.15) is 0 Å². The highest BCUT2D eigenvalue weighted by molar-refractivity contribution is 6.00. The lowest BCUT2D eigenvalue weighted by atomic mass is 10.0. The van der Waals surface area contributed by atoms with Crippen LogP contribution in [0.1, 0.15) is 20.7 Å². The molecule has 0 amide bonds. The van der Waals surface area contributed by atoms with Gasteiger partial charge in [-0.3, -0.25) is 4.79 Å². The van der Waals surface area contributed by atoms with E-state index in [1.807, 2.05) is 0 Å². The first-order chi connectivity index (χ1) is 9.70. The van der Waals surface area contributed by atoms with Crippen molar-refractivity contribution in [2.75, 3.05) is 0 Å². The number of aldehydes is 1. The van der Waals surface area contributed by atoms with Gasteiger partial charge in [-0.05, 0) is 18.2 Å². The molecule has 0 atom stereocenters. The van der Waals surface area contributed by atoms with Crippen LogP contribution >= 0.6 is 0 Å². The van der Waals surface area contributed by atoms with Crippen LogP contribution in [-0.4, -0.2) is 22.5 Å². The van der Waals surface area contributed by atoms with Crippen LogP contribution in [0, 0.1) is 0 Å². The Morgan fingerprint density at radius 2 is 2.00 bits per heavy atom. The molecule has 3 aromatic rings. The molecule has 0 saturated heterocycles. The predicted molar refractivity (Wildman–Crippen MR) is 71.8 cm³/mol. The average molecular weight is 267 g/mol. The van der Waals surface area contributed by atoms with Gasteiger partial charge in [0.05, 0.1) is 5.56 Å².